The summed E-state index contributed by atoms with van der Waals surface area (Å²) in [5, 5.41) is 6.25. The van der Waals surface area contributed by atoms with Crippen molar-refractivity contribution in [1.82, 2.24) is 20.4 Å². The van der Waals surface area contributed by atoms with Crippen LogP contribution in [0.3, 0.4) is 0 Å². The Hall–Kier alpha value is -0.290. The molecule has 0 bridgehead atoms. The van der Waals surface area contributed by atoms with Crippen LogP contribution in [0.2, 0.25) is 0 Å². The Labute approximate surface area is 160 Å². The Balaban J connectivity index is 0.00000529. The predicted molar refractivity (Wildman–Crippen MR) is 103 cm³/mol. The minimum Gasteiger partial charge on any atom is -0.357 e. The number of likely N-dealkylation sites (N-methyl/N-ethyl adjacent to an activating group) is 2. The minimum absolute atomic E-state index is 0. The third-order valence-electron chi connectivity index (χ3n) is 3.94. The normalized spacial score (nSPS) is 19.5. The number of nitrogens with zero attached hydrogens (tertiary/aromatic N) is 3. The van der Waals surface area contributed by atoms with Crippen LogP contribution in [0.15, 0.2) is 4.99 Å². The summed E-state index contributed by atoms with van der Waals surface area (Å²) in [7, 11) is 1.47. The van der Waals surface area contributed by atoms with E-state index in [0.717, 1.165) is 32.6 Å². The molecule has 0 aliphatic carbocycles. The van der Waals surface area contributed by atoms with Crippen molar-refractivity contribution in [3.05, 3.63) is 0 Å². The SMILES string of the molecule is CCNC(=NCC1CCCN1CC)NCCN(C)CC(F)(F)F.I. The van der Waals surface area contributed by atoms with Gasteiger partial charge in [0.2, 0.25) is 0 Å². The molecule has 0 spiro atoms. The summed E-state index contributed by atoms with van der Waals surface area (Å²) in [6.07, 6.45) is -1.79. The smallest absolute Gasteiger partial charge is 0.357 e. The highest BCUT2D eigenvalue weighted by Gasteiger charge is 2.28. The number of halogens is 4. The first kappa shape index (κ1) is 23.7. The lowest BCUT2D eigenvalue weighted by atomic mass is 10.2. The highest BCUT2D eigenvalue weighted by Crippen LogP contribution is 2.16. The molecule has 24 heavy (non-hydrogen) atoms. The largest absolute Gasteiger partial charge is 0.401 e. The lowest BCUT2D eigenvalue weighted by Crippen LogP contribution is -2.43. The van der Waals surface area contributed by atoms with Gasteiger partial charge in [-0.05, 0) is 39.9 Å². The highest BCUT2D eigenvalue weighted by molar-refractivity contribution is 14.0. The summed E-state index contributed by atoms with van der Waals surface area (Å²) < 4.78 is 36.8. The van der Waals surface area contributed by atoms with Crippen LogP contribution in [0.5, 0.6) is 0 Å². The van der Waals surface area contributed by atoms with E-state index in [2.05, 4.69) is 27.4 Å². The van der Waals surface area contributed by atoms with Gasteiger partial charge in [-0.1, -0.05) is 6.92 Å². The van der Waals surface area contributed by atoms with E-state index in [1.807, 2.05) is 6.92 Å². The Kier molecular flexibility index (Phi) is 12.0. The van der Waals surface area contributed by atoms with Gasteiger partial charge < -0.3 is 10.6 Å². The Morgan fingerprint density at radius 3 is 2.58 bits per heavy atom. The van der Waals surface area contributed by atoms with Gasteiger partial charge in [-0.3, -0.25) is 14.8 Å². The van der Waals surface area contributed by atoms with Crippen molar-refractivity contribution in [3.63, 3.8) is 0 Å². The van der Waals surface area contributed by atoms with Crippen molar-refractivity contribution in [3.8, 4) is 0 Å². The summed E-state index contributed by atoms with van der Waals surface area (Å²) in [6.45, 7) is 7.59. The van der Waals surface area contributed by atoms with E-state index in [9.17, 15) is 13.2 Å². The van der Waals surface area contributed by atoms with Crippen LogP contribution in [-0.4, -0.2) is 80.8 Å². The third-order valence-corrected chi connectivity index (χ3v) is 3.94. The lowest BCUT2D eigenvalue weighted by Gasteiger charge is -2.22. The molecule has 1 fully saturated rings. The van der Waals surface area contributed by atoms with E-state index < -0.39 is 12.7 Å². The summed E-state index contributed by atoms with van der Waals surface area (Å²) in [5.41, 5.74) is 0. The maximum absolute atomic E-state index is 12.3. The van der Waals surface area contributed by atoms with Gasteiger partial charge in [-0.25, -0.2) is 0 Å². The maximum Gasteiger partial charge on any atom is 0.401 e. The molecular formula is C15H31F3IN5. The molecule has 1 saturated heterocycles. The second-order valence-corrected chi connectivity index (χ2v) is 5.92. The monoisotopic (exact) mass is 465 g/mol. The molecule has 1 atom stereocenters. The zero-order chi connectivity index (χ0) is 17.3. The molecule has 5 nitrogen and oxygen atoms in total. The van der Waals surface area contributed by atoms with Gasteiger partial charge in [-0.2, -0.15) is 13.2 Å². The van der Waals surface area contributed by atoms with E-state index in [-0.39, 0.29) is 24.0 Å². The number of guanidine groups is 1. The first-order valence-corrected chi connectivity index (χ1v) is 8.37. The average molecular weight is 465 g/mol. The number of rotatable bonds is 8. The van der Waals surface area contributed by atoms with Crippen LogP contribution in [0.25, 0.3) is 0 Å². The van der Waals surface area contributed by atoms with E-state index >= 15 is 0 Å². The van der Waals surface area contributed by atoms with Crippen LogP contribution >= 0.6 is 24.0 Å². The third kappa shape index (κ3) is 9.87. The van der Waals surface area contributed by atoms with Crippen molar-refractivity contribution in [2.75, 3.05) is 52.9 Å². The molecule has 0 saturated carbocycles. The quantitative estimate of drug-likeness (QED) is 0.328. The number of hydrogen-bond donors (Lipinski definition) is 2. The molecule has 0 aromatic heterocycles. The maximum atomic E-state index is 12.3. The summed E-state index contributed by atoms with van der Waals surface area (Å²) in [5.74, 6) is 0.677. The highest BCUT2D eigenvalue weighted by atomic mass is 127. The predicted octanol–water partition coefficient (Wildman–Crippen LogP) is 2.14. The second-order valence-electron chi connectivity index (χ2n) is 5.92. The van der Waals surface area contributed by atoms with Crippen molar-refractivity contribution >= 4 is 29.9 Å². The van der Waals surface area contributed by atoms with Gasteiger partial charge in [-0.15, -0.1) is 24.0 Å². The molecule has 0 aromatic rings. The molecule has 144 valence electrons. The van der Waals surface area contributed by atoms with Crippen molar-refractivity contribution in [2.24, 2.45) is 4.99 Å². The molecule has 1 aliphatic rings. The first-order chi connectivity index (χ1) is 10.9. The molecule has 1 rings (SSSR count). The molecule has 9 heteroatoms. The van der Waals surface area contributed by atoms with Crippen LogP contribution in [0.4, 0.5) is 13.2 Å². The van der Waals surface area contributed by atoms with Crippen LogP contribution in [0, 0.1) is 0 Å². The first-order valence-electron chi connectivity index (χ1n) is 8.37. The van der Waals surface area contributed by atoms with E-state index in [1.165, 1.54) is 18.4 Å². The summed E-state index contributed by atoms with van der Waals surface area (Å²) in [4.78, 5) is 8.25. The van der Waals surface area contributed by atoms with Crippen LogP contribution in [0.1, 0.15) is 26.7 Å². The zero-order valence-electron chi connectivity index (χ0n) is 14.8. The van der Waals surface area contributed by atoms with E-state index in [0.29, 0.717) is 25.1 Å². The van der Waals surface area contributed by atoms with Gasteiger partial charge in [0, 0.05) is 25.7 Å². The van der Waals surface area contributed by atoms with E-state index in [1.54, 1.807) is 0 Å². The number of nitrogens with one attached hydrogen (secondary N) is 2. The molecule has 1 unspecified atom stereocenters. The number of alkyl halides is 3. The summed E-state index contributed by atoms with van der Waals surface area (Å²) in [6, 6.07) is 0.475. The Bertz CT molecular complexity index is 366. The molecule has 0 aromatic carbocycles. The number of likely N-dealkylation sites (tertiary alicyclic amines) is 1. The lowest BCUT2D eigenvalue weighted by molar-refractivity contribution is -0.142. The molecule has 2 N–H and O–H groups in total. The molecule has 0 radical (unpaired) electrons. The van der Waals surface area contributed by atoms with Crippen molar-refractivity contribution in [2.45, 2.75) is 38.9 Å². The molecular weight excluding hydrogens is 434 g/mol. The fourth-order valence-corrected chi connectivity index (χ4v) is 2.81. The average Bonchev–Trinajstić information content (AvgIpc) is 2.90. The van der Waals surface area contributed by atoms with Crippen LogP contribution in [-0.2, 0) is 0 Å². The van der Waals surface area contributed by atoms with Crippen molar-refractivity contribution < 1.29 is 13.2 Å². The topological polar surface area (TPSA) is 42.9 Å². The fraction of sp³-hybridized carbons (Fsp3) is 0.933. The van der Waals surface area contributed by atoms with Gasteiger partial charge in [0.05, 0.1) is 13.1 Å². The fourth-order valence-electron chi connectivity index (χ4n) is 2.81. The summed E-state index contributed by atoms with van der Waals surface area (Å²) >= 11 is 0. The van der Waals surface area contributed by atoms with Gasteiger partial charge in [0.15, 0.2) is 5.96 Å². The molecule has 0 amide bonds. The number of aliphatic imine (C=N–C) groups is 1. The minimum atomic E-state index is -4.15. The standard InChI is InChI=1S/C15H30F3N5.HI/c1-4-19-14(20-8-10-22(3)12-15(16,17)18)21-11-13-7-6-9-23(13)5-2;/h13H,4-12H2,1-3H3,(H2,19,20,21);1H. The second kappa shape index (κ2) is 12.1. The molecule has 1 aliphatic heterocycles. The van der Waals surface area contributed by atoms with Crippen molar-refractivity contribution in [1.29, 1.82) is 0 Å². The van der Waals surface area contributed by atoms with Gasteiger partial charge in [0.25, 0.3) is 0 Å². The molecule has 1 heterocycles. The number of hydrogen-bond acceptors (Lipinski definition) is 3. The zero-order valence-corrected chi connectivity index (χ0v) is 17.2. The van der Waals surface area contributed by atoms with E-state index in [4.69, 9.17) is 0 Å². The van der Waals surface area contributed by atoms with Gasteiger partial charge >= 0.3 is 6.18 Å². The van der Waals surface area contributed by atoms with Crippen LogP contribution < -0.4 is 10.6 Å². The Morgan fingerprint density at radius 2 is 2.00 bits per heavy atom. The Morgan fingerprint density at radius 1 is 1.29 bits per heavy atom. The van der Waals surface area contributed by atoms with Gasteiger partial charge in [0.1, 0.15) is 0 Å².